The van der Waals surface area contributed by atoms with E-state index in [4.69, 9.17) is 11.2 Å². The van der Waals surface area contributed by atoms with Gasteiger partial charge in [0.05, 0.1) is 25.1 Å². The molecule has 31 heavy (non-hydrogen) atoms. The van der Waals surface area contributed by atoms with Crippen molar-refractivity contribution >= 4 is 23.5 Å². The summed E-state index contributed by atoms with van der Waals surface area (Å²) in [6.07, 6.45) is 5.55. The molecule has 2 amide bonds. The van der Waals surface area contributed by atoms with Crippen LogP contribution in [0.25, 0.3) is 0 Å². The standard InChI is InChI=1S/C25H24N2O4/c1-4-15-26-19-14-10-9-13-18(19)20-21(25(30)31-5-2)22(17-11-7-6-8-12-17)27(16(3)28)23(20)24(26)29/h1,6-14,20-23H,5,15H2,2-3H3/t20-,21-,22-,23+/m1/s1. The first-order valence-electron chi connectivity index (χ1n) is 10.4. The Balaban J connectivity index is 1.97. The van der Waals surface area contributed by atoms with Crippen molar-refractivity contribution in [2.45, 2.75) is 31.8 Å². The number of fused-ring (bicyclic) bond motifs is 3. The number of hydrogen-bond donors (Lipinski definition) is 0. The molecular weight excluding hydrogens is 392 g/mol. The van der Waals surface area contributed by atoms with Crippen molar-refractivity contribution in [1.29, 1.82) is 0 Å². The number of para-hydroxylation sites is 1. The number of ether oxygens (including phenoxy) is 1. The molecule has 0 N–H and O–H groups in total. The lowest BCUT2D eigenvalue weighted by atomic mass is 9.77. The predicted octanol–water partition coefficient (Wildman–Crippen LogP) is 2.90. The highest BCUT2D eigenvalue weighted by Crippen LogP contribution is 2.54. The molecule has 0 aromatic heterocycles. The molecule has 0 bridgehead atoms. The van der Waals surface area contributed by atoms with Gasteiger partial charge >= 0.3 is 5.97 Å². The van der Waals surface area contributed by atoms with Crippen LogP contribution in [0.5, 0.6) is 0 Å². The van der Waals surface area contributed by atoms with Gasteiger partial charge in [0.1, 0.15) is 6.04 Å². The Hall–Kier alpha value is -3.59. The second-order valence-corrected chi connectivity index (χ2v) is 7.72. The molecule has 0 unspecified atom stereocenters. The Kier molecular flexibility index (Phi) is 5.51. The van der Waals surface area contributed by atoms with E-state index < -0.39 is 29.9 Å². The number of esters is 1. The minimum atomic E-state index is -0.833. The zero-order valence-corrected chi connectivity index (χ0v) is 17.5. The molecule has 1 fully saturated rings. The fourth-order valence-electron chi connectivity index (χ4n) is 5.02. The molecule has 1 saturated heterocycles. The van der Waals surface area contributed by atoms with Crippen molar-refractivity contribution in [3.05, 3.63) is 65.7 Å². The van der Waals surface area contributed by atoms with Gasteiger partial charge in [-0.1, -0.05) is 54.5 Å². The smallest absolute Gasteiger partial charge is 0.312 e. The Bertz CT molecular complexity index is 1060. The van der Waals surface area contributed by atoms with Crippen molar-refractivity contribution in [1.82, 2.24) is 4.90 Å². The highest BCUT2D eigenvalue weighted by molar-refractivity contribution is 6.05. The van der Waals surface area contributed by atoms with Crippen molar-refractivity contribution < 1.29 is 19.1 Å². The van der Waals surface area contributed by atoms with E-state index in [0.29, 0.717) is 5.69 Å². The van der Waals surface area contributed by atoms with Crippen LogP contribution in [0.1, 0.15) is 36.9 Å². The minimum Gasteiger partial charge on any atom is -0.466 e. The molecule has 4 atom stereocenters. The zero-order valence-electron chi connectivity index (χ0n) is 17.5. The van der Waals surface area contributed by atoms with Crippen LogP contribution < -0.4 is 4.90 Å². The number of hydrogen-bond acceptors (Lipinski definition) is 4. The third kappa shape index (κ3) is 3.27. The Labute approximate surface area is 181 Å². The van der Waals surface area contributed by atoms with E-state index in [1.165, 1.54) is 11.8 Å². The maximum atomic E-state index is 13.7. The number of rotatable bonds is 4. The molecule has 0 spiro atoms. The number of benzene rings is 2. The Morgan fingerprint density at radius 3 is 2.39 bits per heavy atom. The van der Waals surface area contributed by atoms with E-state index in [2.05, 4.69) is 5.92 Å². The maximum absolute atomic E-state index is 13.7. The molecule has 2 aromatic rings. The van der Waals surface area contributed by atoms with E-state index in [9.17, 15) is 14.4 Å². The first-order chi connectivity index (χ1) is 15.0. The summed E-state index contributed by atoms with van der Waals surface area (Å²) in [5, 5.41) is 0. The van der Waals surface area contributed by atoms with Gasteiger partial charge in [0.25, 0.3) is 5.91 Å². The highest BCUT2D eigenvalue weighted by Gasteiger charge is 2.60. The molecule has 6 nitrogen and oxygen atoms in total. The van der Waals surface area contributed by atoms with Crippen molar-refractivity contribution in [3.63, 3.8) is 0 Å². The molecule has 0 aliphatic carbocycles. The largest absolute Gasteiger partial charge is 0.466 e. The highest BCUT2D eigenvalue weighted by atomic mass is 16.5. The van der Waals surface area contributed by atoms with Crippen LogP contribution in [0, 0.1) is 18.3 Å². The van der Waals surface area contributed by atoms with E-state index in [1.807, 2.05) is 54.6 Å². The first kappa shape index (κ1) is 20.7. The summed E-state index contributed by atoms with van der Waals surface area (Å²) in [4.78, 5) is 42.9. The van der Waals surface area contributed by atoms with Crippen LogP contribution in [-0.4, -0.2) is 41.9 Å². The van der Waals surface area contributed by atoms with Gasteiger partial charge in [-0.25, -0.2) is 0 Å². The van der Waals surface area contributed by atoms with Crippen molar-refractivity contribution in [2.24, 2.45) is 5.92 Å². The lowest BCUT2D eigenvalue weighted by molar-refractivity contribution is -0.149. The minimum absolute atomic E-state index is 0.0882. The normalized spacial score (nSPS) is 24.2. The second kappa shape index (κ2) is 8.27. The van der Waals surface area contributed by atoms with E-state index >= 15 is 0 Å². The third-order valence-electron chi connectivity index (χ3n) is 6.09. The molecular formula is C25H24N2O4. The van der Waals surface area contributed by atoms with Crippen LogP contribution in [-0.2, 0) is 19.1 Å². The van der Waals surface area contributed by atoms with Crippen molar-refractivity contribution in [2.75, 3.05) is 18.1 Å². The molecule has 0 saturated carbocycles. The number of nitrogens with zero attached hydrogens (tertiary/aromatic N) is 2. The second-order valence-electron chi connectivity index (χ2n) is 7.72. The van der Waals surface area contributed by atoms with Crippen LogP contribution in [0.4, 0.5) is 5.69 Å². The number of amides is 2. The maximum Gasteiger partial charge on any atom is 0.312 e. The van der Waals surface area contributed by atoms with Crippen LogP contribution in [0.3, 0.4) is 0 Å². The van der Waals surface area contributed by atoms with Gasteiger partial charge in [0, 0.05) is 18.5 Å². The summed E-state index contributed by atoms with van der Waals surface area (Å²) in [7, 11) is 0. The molecule has 4 rings (SSSR count). The van der Waals surface area contributed by atoms with Crippen LogP contribution >= 0.6 is 0 Å². The summed E-state index contributed by atoms with van der Waals surface area (Å²) in [6.45, 7) is 3.48. The topological polar surface area (TPSA) is 66.9 Å². The number of carbonyl (C=O) groups excluding carboxylic acids is 3. The van der Waals surface area contributed by atoms with Gasteiger partial charge in [-0.2, -0.15) is 0 Å². The molecule has 0 radical (unpaired) electrons. The average molecular weight is 416 g/mol. The molecule has 2 aliphatic heterocycles. The molecule has 6 heteroatoms. The van der Waals surface area contributed by atoms with E-state index in [0.717, 1.165) is 11.1 Å². The van der Waals surface area contributed by atoms with Crippen LogP contribution in [0.15, 0.2) is 54.6 Å². The Morgan fingerprint density at radius 2 is 1.74 bits per heavy atom. The van der Waals surface area contributed by atoms with Gasteiger partial charge in [-0.3, -0.25) is 19.3 Å². The summed E-state index contributed by atoms with van der Waals surface area (Å²) in [5.74, 6) is 0.343. The van der Waals surface area contributed by atoms with Crippen molar-refractivity contribution in [3.8, 4) is 12.3 Å². The monoisotopic (exact) mass is 416 g/mol. The molecule has 2 heterocycles. The lowest BCUT2D eigenvalue weighted by Gasteiger charge is -2.38. The fraction of sp³-hybridized carbons (Fsp3) is 0.320. The summed E-state index contributed by atoms with van der Waals surface area (Å²) < 4.78 is 5.45. The van der Waals surface area contributed by atoms with E-state index in [1.54, 1.807) is 11.8 Å². The van der Waals surface area contributed by atoms with Gasteiger partial charge < -0.3 is 9.64 Å². The van der Waals surface area contributed by atoms with Gasteiger partial charge in [0.15, 0.2) is 0 Å². The van der Waals surface area contributed by atoms with Gasteiger partial charge in [-0.15, -0.1) is 6.42 Å². The quantitative estimate of drug-likeness (QED) is 0.568. The average Bonchev–Trinajstić information content (AvgIpc) is 3.14. The molecule has 2 aliphatic rings. The molecule has 158 valence electrons. The number of likely N-dealkylation sites (tertiary alicyclic amines) is 1. The zero-order chi connectivity index (χ0) is 22.1. The van der Waals surface area contributed by atoms with Gasteiger partial charge in [-0.05, 0) is 24.1 Å². The number of carbonyl (C=O) groups is 3. The number of terminal acetylenes is 1. The fourth-order valence-corrected chi connectivity index (χ4v) is 5.02. The van der Waals surface area contributed by atoms with Gasteiger partial charge in [0.2, 0.25) is 5.91 Å². The first-order valence-corrected chi connectivity index (χ1v) is 10.4. The molecule has 2 aromatic carbocycles. The Morgan fingerprint density at radius 1 is 1.06 bits per heavy atom. The predicted molar refractivity (Wildman–Crippen MR) is 116 cm³/mol. The SMILES string of the molecule is C#CCN1C(=O)[C@@H]2[C@H](c3ccccc31)[C@@H](C(=O)OCC)[C@@H](c1ccccc1)N2C(C)=O. The summed E-state index contributed by atoms with van der Waals surface area (Å²) in [6, 6.07) is 15.3. The lowest BCUT2D eigenvalue weighted by Crippen LogP contribution is -2.53. The van der Waals surface area contributed by atoms with Crippen LogP contribution in [0.2, 0.25) is 0 Å². The van der Waals surface area contributed by atoms with E-state index in [-0.39, 0.29) is 25.0 Å². The third-order valence-corrected chi connectivity index (χ3v) is 6.09. The summed E-state index contributed by atoms with van der Waals surface area (Å²) >= 11 is 0. The number of anilines is 1. The summed E-state index contributed by atoms with van der Waals surface area (Å²) in [5.41, 5.74) is 2.29.